The number of rotatable bonds is 4. The van der Waals surface area contributed by atoms with E-state index < -0.39 is 6.09 Å². The van der Waals surface area contributed by atoms with Crippen molar-refractivity contribution in [1.29, 1.82) is 0 Å². The predicted molar refractivity (Wildman–Crippen MR) is 104 cm³/mol. The van der Waals surface area contributed by atoms with Gasteiger partial charge in [-0.2, -0.15) is 4.79 Å². The molecule has 0 spiro atoms. The van der Waals surface area contributed by atoms with Crippen LogP contribution in [0.1, 0.15) is 28.4 Å². The van der Waals surface area contributed by atoms with Gasteiger partial charge in [0, 0.05) is 13.1 Å². The first-order valence-electron chi connectivity index (χ1n) is 9.77. The van der Waals surface area contributed by atoms with Crippen LogP contribution in [0.15, 0.2) is 48.5 Å². The number of ether oxygens (including phenoxy) is 1. The van der Waals surface area contributed by atoms with Gasteiger partial charge in [-0.05, 0) is 35.1 Å². The maximum atomic E-state index is 11.9. The lowest BCUT2D eigenvalue weighted by Crippen LogP contribution is -2.62. The van der Waals surface area contributed by atoms with E-state index in [0.717, 1.165) is 25.9 Å². The molecule has 1 amide bonds. The van der Waals surface area contributed by atoms with Crippen LogP contribution in [0.3, 0.4) is 0 Å². The number of amides is 1. The second-order valence-corrected chi connectivity index (χ2v) is 7.50. The van der Waals surface area contributed by atoms with Crippen LogP contribution in [0, 0.1) is 0 Å². The summed E-state index contributed by atoms with van der Waals surface area (Å²) >= 11 is 0. The van der Waals surface area contributed by atoms with E-state index in [4.69, 9.17) is 4.74 Å². The molecule has 0 aromatic heterocycles. The van der Waals surface area contributed by atoms with Crippen LogP contribution >= 0.6 is 0 Å². The van der Waals surface area contributed by atoms with Crippen molar-refractivity contribution in [3.05, 3.63) is 70.8 Å². The van der Waals surface area contributed by atoms with Gasteiger partial charge in [-0.3, -0.25) is 0 Å². The van der Waals surface area contributed by atoms with E-state index in [1.807, 2.05) is 0 Å². The Morgan fingerprint density at radius 1 is 1.00 bits per heavy atom. The van der Waals surface area contributed by atoms with Gasteiger partial charge in [0.2, 0.25) is 0 Å². The standard InChI is InChI=1S/C22H26N2O3/c25-22(26)24(13-11-23-12-14-24)15-16-27-21-19-7-3-1-5-17(19)9-10-18-6-2-4-8-20(18)21/h1-8,21,23H,9-16H2/p+1. The van der Waals surface area contributed by atoms with Gasteiger partial charge in [-0.15, -0.1) is 0 Å². The zero-order chi connectivity index (χ0) is 18.7. The zero-order valence-corrected chi connectivity index (χ0v) is 15.6. The van der Waals surface area contributed by atoms with Crippen LogP contribution < -0.4 is 5.32 Å². The number of quaternary nitrogens is 1. The van der Waals surface area contributed by atoms with Crippen molar-refractivity contribution < 1.29 is 19.1 Å². The first kappa shape index (κ1) is 18.2. The SMILES string of the molecule is O=C(O)[N+]1(CCOC2c3ccccc3CCc3ccccc32)CCNCC1. The highest BCUT2D eigenvalue weighted by atomic mass is 16.5. The molecule has 1 heterocycles. The molecule has 2 aliphatic rings. The van der Waals surface area contributed by atoms with Crippen molar-refractivity contribution in [3.8, 4) is 0 Å². The maximum Gasteiger partial charge on any atom is 0.513 e. The van der Waals surface area contributed by atoms with Gasteiger partial charge in [0.15, 0.2) is 0 Å². The molecule has 142 valence electrons. The monoisotopic (exact) mass is 367 g/mol. The first-order chi connectivity index (χ1) is 13.2. The minimum atomic E-state index is -0.748. The Hall–Kier alpha value is -2.21. The van der Waals surface area contributed by atoms with Crippen molar-refractivity contribution in [2.24, 2.45) is 0 Å². The summed E-state index contributed by atoms with van der Waals surface area (Å²) < 4.78 is 6.48. The Bertz CT molecular complexity index is 767. The van der Waals surface area contributed by atoms with Gasteiger partial charge < -0.3 is 15.2 Å². The van der Waals surface area contributed by atoms with Crippen molar-refractivity contribution in [2.75, 3.05) is 39.3 Å². The van der Waals surface area contributed by atoms with Crippen molar-refractivity contribution >= 4 is 6.09 Å². The van der Waals surface area contributed by atoms with Crippen LogP contribution in [-0.4, -0.2) is 55.0 Å². The lowest BCUT2D eigenvalue weighted by atomic mass is 9.97. The topological polar surface area (TPSA) is 58.6 Å². The van der Waals surface area contributed by atoms with Gasteiger partial charge in [0.25, 0.3) is 0 Å². The summed E-state index contributed by atoms with van der Waals surface area (Å²) in [6, 6.07) is 16.9. The number of carboxylic acid groups (broad SMARTS) is 1. The largest absolute Gasteiger partial charge is 0.513 e. The van der Waals surface area contributed by atoms with Crippen LogP contribution in [0.5, 0.6) is 0 Å². The summed E-state index contributed by atoms with van der Waals surface area (Å²) in [5.41, 5.74) is 5.07. The van der Waals surface area contributed by atoms with Gasteiger partial charge >= 0.3 is 6.09 Å². The molecular formula is C22H27N2O3+. The highest BCUT2D eigenvalue weighted by Crippen LogP contribution is 2.35. The first-order valence-corrected chi connectivity index (χ1v) is 9.77. The molecule has 1 aliphatic heterocycles. The lowest BCUT2D eigenvalue weighted by molar-refractivity contribution is -0.860. The molecule has 2 aromatic rings. The molecule has 27 heavy (non-hydrogen) atoms. The molecule has 4 rings (SSSR count). The number of nitrogens with one attached hydrogen (secondary N) is 1. The number of hydrogen-bond donors (Lipinski definition) is 2. The second kappa shape index (κ2) is 7.80. The van der Waals surface area contributed by atoms with E-state index in [0.29, 0.717) is 26.2 Å². The molecule has 0 saturated carbocycles. The number of aryl methyl sites for hydroxylation is 2. The number of benzene rings is 2. The summed E-state index contributed by atoms with van der Waals surface area (Å²) in [5, 5.41) is 13.0. The van der Waals surface area contributed by atoms with Crippen molar-refractivity contribution in [2.45, 2.75) is 18.9 Å². The molecule has 0 atom stereocenters. The number of hydrogen-bond acceptors (Lipinski definition) is 3. The fourth-order valence-electron chi connectivity index (χ4n) is 4.33. The predicted octanol–water partition coefficient (Wildman–Crippen LogP) is 2.99. The Balaban J connectivity index is 1.57. The maximum absolute atomic E-state index is 11.9. The van der Waals surface area contributed by atoms with Crippen LogP contribution in [0.25, 0.3) is 0 Å². The Labute approximate surface area is 160 Å². The van der Waals surface area contributed by atoms with Crippen LogP contribution in [0.2, 0.25) is 0 Å². The lowest BCUT2D eigenvalue weighted by Gasteiger charge is -2.36. The summed E-state index contributed by atoms with van der Waals surface area (Å²) in [4.78, 5) is 11.9. The fourth-order valence-corrected chi connectivity index (χ4v) is 4.33. The second-order valence-electron chi connectivity index (χ2n) is 7.50. The van der Waals surface area contributed by atoms with Gasteiger partial charge in [0.05, 0.1) is 6.61 Å². The fraction of sp³-hybridized carbons (Fsp3) is 0.409. The normalized spacial score (nSPS) is 19.0. The third kappa shape index (κ3) is 3.63. The molecular weight excluding hydrogens is 340 g/mol. The minimum absolute atomic E-state index is 0.0863. The van der Waals surface area contributed by atoms with E-state index in [1.54, 1.807) is 0 Å². The quantitative estimate of drug-likeness (QED) is 0.816. The molecule has 1 aliphatic carbocycles. The van der Waals surface area contributed by atoms with Crippen molar-refractivity contribution in [3.63, 3.8) is 0 Å². The van der Waals surface area contributed by atoms with Gasteiger partial charge in [-0.1, -0.05) is 48.5 Å². The summed E-state index contributed by atoms with van der Waals surface area (Å²) in [7, 11) is 0. The van der Waals surface area contributed by atoms with E-state index in [9.17, 15) is 9.90 Å². The zero-order valence-electron chi connectivity index (χ0n) is 15.6. The van der Waals surface area contributed by atoms with E-state index in [-0.39, 0.29) is 10.6 Å². The third-order valence-electron chi connectivity index (χ3n) is 5.98. The molecule has 2 N–H and O–H groups in total. The molecule has 0 unspecified atom stereocenters. The average Bonchev–Trinajstić information content (AvgIpc) is 2.86. The number of nitrogens with zero attached hydrogens (tertiary/aromatic N) is 1. The Kier molecular flexibility index (Phi) is 5.25. The number of fused-ring (bicyclic) bond motifs is 2. The molecule has 0 radical (unpaired) electrons. The average molecular weight is 367 g/mol. The molecule has 1 saturated heterocycles. The molecule has 1 fully saturated rings. The Morgan fingerprint density at radius 2 is 1.56 bits per heavy atom. The number of piperazine rings is 1. The van der Waals surface area contributed by atoms with E-state index >= 15 is 0 Å². The van der Waals surface area contributed by atoms with Crippen LogP contribution in [-0.2, 0) is 17.6 Å². The smallest absolute Gasteiger partial charge is 0.435 e. The Morgan fingerprint density at radius 3 is 2.11 bits per heavy atom. The molecule has 2 aromatic carbocycles. The van der Waals surface area contributed by atoms with Crippen molar-refractivity contribution in [1.82, 2.24) is 5.32 Å². The summed E-state index contributed by atoms with van der Waals surface area (Å²) in [5.74, 6) is 0. The van der Waals surface area contributed by atoms with E-state index in [1.165, 1.54) is 22.3 Å². The van der Waals surface area contributed by atoms with Gasteiger partial charge in [0.1, 0.15) is 25.7 Å². The number of carbonyl (C=O) groups is 1. The molecule has 5 nitrogen and oxygen atoms in total. The summed E-state index contributed by atoms with van der Waals surface area (Å²) in [6.07, 6.45) is 1.14. The minimum Gasteiger partial charge on any atom is -0.435 e. The van der Waals surface area contributed by atoms with Gasteiger partial charge in [-0.25, -0.2) is 4.48 Å². The van der Waals surface area contributed by atoms with E-state index in [2.05, 4.69) is 53.8 Å². The summed E-state index contributed by atoms with van der Waals surface area (Å²) in [6.45, 7) is 3.62. The highest BCUT2D eigenvalue weighted by Gasteiger charge is 2.38. The molecule has 5 heteroatoms. The third-order valence-corrected chi connectivity index (χ3v) is 5.98. The van der Waals surface area contributed by atoms with Crippen LogP contribution in [0.4, 0.5) is 4.79 Å². The molecule has 0 bridgehead atoms. The highest BCUT2D eigenvalue weighted by molar-refractivity contribution is 5.56.